The third kappa shape index (κ3) is 5.23. The Labute approximate surface area is 233 Å². The summed E-state index contributed by atoms with van der Waals surface area (Å²) in [5, 5.41) is 2.76. The van der Waals surface area contributed by atoms with E-state index in [2.05, 4.69) is 17.4 Å². The van der Waals surface area contributed by atoms with Gasteiger partial charge in [0.25, 0.3) is 0 Å². The van der Waals surface area contributed by atoms with Crippen LogP contribution in [0.4, 0.5) is 13.6 Å². The van der Waals surface area contributed by atoms with Gasteiger partial charge in [0.05, 0.1) is 18.3 Å². The van der Waals surface area contributed by atoms with Crippen LogP contribution in [0.5, 0.6) is 5.75 Å². The number of halogens is 2. The number of ether oxygens (including phenoxy) is 2. The molecule has 6 nitrogen and oxygen atoms in total. The van der Waals surface area contributed by atoms with Crippen molar-refractivity contribution in [2.24, 2.45) is 0 Å². The number of carbonyl (C=O) groups excluding carboxylic acids is 1. The molecular weight excluding hydrogens is 515 g/mol. The molecule has 1 fully saturated rings. The van der Waals surface area contributed by atoms with Crippen molar-refractivity contribution in [3.63, 3.8) is 0 Å². The van der Waals surface area contributed by atoms with Crippen molar-refractivity contribution in [3.05, 3.63) is 94.5 Å². The van der Waals surface area contributed by atoms with Gasteiger partial charge < -0.3 is 24.1 Å². The van der Waals surface area contributed by atoms with Crippen LogP contribution >= 0.6 is 0 Å². The van der Waals surface area contributed by atoms with Gasteiger partial charge in [0.15, 0.2) is 17.4 Å². The number of carbonyl (C=O) groups is 1. The van der Waals surface area contributed by atoms with Gasteiger partial charge in [-0.2, -0.15) is 0 Å². The third-order valence-electron chi connectivity index (χ3n) is 7.91. The van der Waals surface area contributed by atoms with E-state index < -0.39 is 41.8 Å². The summed E-state index contributed by atoms with van der Waals surface area (Å²) in [6.45, 7) is 7.73. The Bertz CT molecular complexity index is 1390. The van der Waals surface area contributed by atoms with E-state index in [9.17, 15) is 13.6 Å². The highest BCUT2D eigenvalue weighted by atomic mass is 19.1. The summed E-state index contributed by atoms with van der Waals surface area (Å²) in [7, 11) is 0.345. The van der Waals surface area contributed by atoms with Gasteiger partial charge in [-0.1, -0.05) is 54.6 Å². The van der Waals surface area contributed by atoms with Gasteiger partial charge in [-0.25, -0.2) is 13.6 Å². The lowest BCUT2D eigenvalue weighted by atomic mass is 9.77. The summed E-state index contributed by atoms with van der Waals surface area (Å²) in [5.74, 6) is -2.23. The second-order valence-electron chi connectivity index (χ2n) is 11.0. The first-order valence-electron chi connectivity index (χ1n) is 13.2. The molecule has 0 saturated carbocycles. The topological polar surface area (TPSA) is 66.0 Å². The number of alkyl carbamates (subject to hydrolysis) is 1. The van der Waals surface area contributed by atoms with E-state index in [-0.39, 0.29) is 24.6 Å². The van der Waals surface area contributed by atoms with E-state index in [1.54, 1.807) is 0 Å². The molecule has 1 N–H and O–H groups in total. The minimum atomic E-state index is -0.855. The molecule has 2 aliphatic rings. The molecule has 1 saturated heterocycles. The molecule has 9 heteroatoms. The van der Waals surface area contributed by atoms with E-state index >= 15 is 0 Å². The minimum Gasteiger partial charge on any atom is -0.491 e. The van der Waals surface area contributed by atoms with Crippen molar-refractivity contribution in [2.75, 3.05) is 20.3 Å². The van der Waals surface area contributed by atoms with Crippen molar-refractivity contribution in [1.29, 1.82) is 0 Å². The first-order valence-corrected chi connectivity index (χ1v) is 13.2. The lowest BCUT2D eigenvalue weighted by Crippen LogP contribution is -2.41. The predicted octanol–water partition coefficient (Wildman–Crippen LogP) is 6.53. The van der Waals surface area contributed by atoms with Crippen LogP contribution in [0.2, 0.25) is 0 Å². The highest BCUT2D eigenvalue weighted by Gasteiger charge is 2.52. The number of nitrogens with one attached hydrogen (secondary N) is 1. The molecule has 1 aliphatic carbocycles. The summed E-state index contributed by atoms with van der Waals surface area (Å²) < 4.78 is 51.6. The Balaban J connectivity index is 1.33. The monoisotopic (exact) mass is 547 g/mol. The van der Waals surface area contributed by atoms with Crippen LogP contribution in [0.1, 0.15) is 50.3 Å². The highest BCUT2D eigenvalue weighted by Crippen LogP contribution is 2.44. The summed E-state index contributed by atoms with van der Waals surface area (Å²) in [5.41, 5.74) is 3.88. The molecule has 1 aliphatic heterocycles. The van der Waals surface area contributed by atoms with Crippen LogP contribution in [-0.2, 0) is 14.0 Å². The number of methoxy groups -OCH3 is 1. The van der Waals surface area contributed by atoms with Gasteiger partial charge in [-0.15, -0.1) is 0 Å². The molecule has 0 unspecified atom stereocenters. The second-order valence-corrected chi connectivity index (χ2v) is 11.0. The maximum absolute atomic E-state index is 14.4. The average Bonchev–Trinajstić information content (AvgIpc) is 3.34. The first-order chi connectivity index (χ1) is 19.0. The lowest BCUT2D eigenvalue weighted by molar-refractivity contribution is 0.00578. The number of rotatable bonds is 7. The summed E-state index contributed by atoms with van der Waals surface area (Å²) in [6.07, 6.45) is 0.911. The lowest BCUT2D eigenvalue weighted by Gasteiger charge is -2.32. The summed E-state index contributed by atoms with van der Waals surface area (Å²) in [6, 6.07) is 18.5. The van der Waals surface area contributed by atoms with Crippen LogP contribution in [0.3, 0.4) is 0 Å². The molecule has 1 amide bonds. The Hall–Kier alpha value is -3.69. The molecule has 0 atom stereocenters. The van der Waals surface area contributed by atoms with Crippen LogP contribution in [0.25, 0.3) is 17.2 Å². The van der Waals surface area contributed by atoms with Crippen molar-refractivity contribution >= 4 is 19.3 Å². The van der Waals surface area contributed by atoms with E-state index in [1.165, 1.54) is 13.2 Å². The van der Waals surface area contributed by atoms with Gasteiger partial charge in [0.1, 0.15) is 6.61 Å². The van der Waals surface area contributed by atoms with Crippen molar-refractivity contribution in [2.45, 2.75) is 44.8 Å². The largest absolute Gasteiger partial charge is 0.492 e. The molecule has 40 heavy (non-hydrogen) atoms. The molecule has 0 bridgehead atoms. The second kappa shape index (κ2) is 10.7. The zero-order valence-electron chi connectivity index (χ0n) is 23.2. The van der Waals surface area contributed by atoms with Crippen molar-refractivity contribution in [1.82, 2.24) is 5.32 Å². The minimum absolute atomic E-state index is 0.0250. The summed E-state index contributed by atoms with van der Waals surface area (Å²) >= 11 is 0. The predicted molar refractivity (Wildman–Crippen MR) is 150 cm³/mol. The molecule has 208 valence electrons. The van der Waals surface area contributed by atoms with Crippen molar-refractivity contribution < 1.29 is 32.4 Å². The summed E-state index contributed by atoms with van der Waals surface area (Å²) in [4.78, 5) is 12.9. The van der Waals surface area contributed by atoms with Crippen LogP contribution in [0.15, 0.2) is 66.1 Å². The van der Waals surface area contributed by atoms with Crippen LogP contribution in [-0.4, -0.2) is 44.7 Å². The number of amides is 1. The standard InChI is InChI=1S/C31H32BF2NO5/c1-30(2)31(3,4)40-32(39-30)20(14-19-15-26(33)28(37-5)27(34)16-19)17-35-29(36)38-18-25-23-12-8-6-10-21(23)22-11-7-9-13-24(22)25/h6-16,25H,17-18H2,1-5H3,(H,35,36). The number of hydrogen-bond acceptors (Lipinski definition) is 5. The van der Waals surface area contributed by atoms with Gasteiger partial charge in [-0.3, -0.25) is 0 Å². The highest BCUT2D eigenvalue weighted by molar-refractivity contribution is 6.56. The molecular formula is C31H32BF2NO5. The zero-order chi connectivity index (χ0) is 28.7. The van der Waals surface area contributed by atoms with Gasteiger partial charge in [0.2, 0.25) is 0 Å². The first kappa shape index (κ1) is 27.9. The fraction of sp³-hybridized carbons (Fsp3) is 0.323. The van der Waals surface area contributed by atoms with Crippen LogP contribution < -0.4 is 10.1 Å². The Morgan fingerprint density at radius 1 is 0.950 bits per heavy atom. The quantitative estimate of drug-likeness (QED) is 0.341. The maximum atomic E-state index is 14.4. The normalized spacial score (nSPS) is 17.4. The van der Waals surface area contributed by atoms with Crippen LogP contribution in [0, 0.1) is 11.6 Å². The number of hydrogen-bond donors (Lipinski definition) is 1. The molecule has 3 aromatic rings. The maximum Gasteiger partial charge on any atom is 0.492 e. The van der Waals surface area contributed by atoms with E-state index in [1.807, 2.05) is 64.1 Å². The SMILES string of the molecule is COc1c(F)cc(C=C(CNC(=O)OCC2c3ccccc3-c3ccccc32)B2OC(C)(C)C(C)(C)O2)cc1F. The Kier molecular flexibility index (Phi) is 7.46. The fourth-order valence-electron chi connectivity index (χ4n) is 5.09. The molecule has 1 heterocycles. The van der Waals surface area contributed by atoms with E-state index in [0.29, 0.717) is 5.47 Å². The van der Waals surface area contributed by atoms with Crippen molar-refractivity contribution in [3.8, 4) is 16.9 Å². The van der Waals surface area contributed by atoms with E-state index in [0.717, 1.165) is 34.4 Å². The Morgan fingerprint density at radius 3 is 2.00 bits per heavy atom. The number of benzene rings is 3. The molecule has 0 radical (unpaired) electrons. The molecule has 0 aromatic heterocycles. The molecule has 3 aromatic carbocycles. The fourth-order valence-corrected chi connectivity index (χ4v) is 5.09. The number of fused-ring (bicyclic) bond motifs is 3. The van der Waals surface area contributed by atoms with E-state index in [4.69, 9.17) is 18.8 Å². The van der Waals surface area contributed by atoms with Gasteiger partial charge in [0, 0.05) is 12.5 Å². The zero-order valence-corrected chi connectivity index (χ0v) is 23.2. The molecule has 5 rings (SSSR count). The average molecular weight is 547 g/mol. The Morgan fingerprint density at radius 2 is 1.48 bits per heavy atom. The van der Waals surface area contributed by atoms with Gasteiger partial charge >= 0.3 is 13.2 Å². The smallest absolute Gasteiger partial charge is 0.491 e. The third-order valence-corrected chi connectivity index (χ3v) is 7.91. The molecule has 0 spiro atoms. The van der Waals surface area contributed by atoms with Gasteiger partial charge in [-0.05, 0) is 73.1 Å².